The first-order chi connectivity index (χ1) is 6.97. The molecule has 0 radical (unpaired) electrons. The molecule has 1 aliphatic rings. The second-order valence-electron chi connectivity index (χ2n) is 3.45. The number of hydrogen-bond donors (Lipinski definition) is 4. The third-order valence-electron chi connectivity index (χ3n) is 2.08. The van der Waals surface area contributed by atoms with Gasteiger partial charge in [0.15, 0.2) is 0 Å². The van der Waals surface area contributed by atoms with Crippen molar-refractivity contribution in [3.8, 4) is 0 Å². The fourth-order valence-corrected chi connectivity index (χ4v) is 1.40. The summed E-state index contributed by atoms with van der Waals surface area (Å²) in [4.78, 5) is 22.0. The van der Waals surface area contributed by atoms with Gasteiger partial charge in [0.2, 0.25) is 0 Å². The fourth-order valence-electron chi connectivity index (χ4n) is 1.40. The van der Waals surface area contributed by atoms with E-state index in [1.165, 1.54) is 5.01 Å². The van der Waals surface area contributed by atoms with E-state index >= 15 is 0 Å². The van der Waals surface area contributed by atoms with E-state index in [1.807, 2.05) is 0 Å². The predicted octanol–water partition coefficient (Wildman–Crippen LogP) is -1.11. The molecule has 15 heavy (non-hydrogen) atoms. The topological polar surface area (TPSA) is 108 Å². The summed E-state index contributed by atoms with van der Waals surface area (Å²) in [5.41, 5.74) is 3.15. The first-order valence-corrected chi connectivity index (χ1v) is 4.43. The first kappa shape index (κ1) is 11.5. The van der Waals surface area contributed by atoms with Gasteiger partial charge in [0.05, 0.1) is 6.42 Å². The quantitative estimate of drug-likeness (QED) is 0.350. The van der Waals surface area contributed by atoms with Crippen LogP contribution in [0.1, 0.15) is 20.3 Å². The van der Waals surface area contributed by atoms with Gasteiger partial charge in [-0.25, -0.2) is 0 Å². The van der Waals surface area contributed by atoms with Crippen molar-refractivity contribution in [2.45, 2.75) is 26.3 Å². The Morgan fingerprint density at radius 2 is 2.27 bits per heavy atom. The smallest absolute Gasteiger partial charge is 0.306 e. The van der Waals surface area contributed by atoms with E-state index in [-0.39, 0.29) is 12.3 Å². The number of carboxylic acids is 1. The highest BCUT2D eigenvalue weighted by molar-refractivity contribution is 5.89. The van der Waals surface area contributed by atoms with E-state index in [1.54, 1.807) is 13.8 Å². The molecule has 1 unspecified atom stereocenters. The molecule has 1 fully saturated rings. The lowest BCUT2D eigenvalue weighted by atomic mass is 10.2. The Hall–Kier alpha value is -1.60. The maximum atomic E-state index is 11.4. The maximum absolute atomic E-state index is 11.4. The zero-order valence-electron chi connectivity index (χ0n) is 8.57. The van der Waals surface area contributed by atoms with Crippen molar-refractivity contribution in [2.75, 3.05) is 0 Å². The van der Waals surface area contributed by atoms with E-state index < -0.39 is 12.0 Å². The highest BCUT2D eigenvalue weighted by Gasteiger charge is 2.37. The van der Waals surface area contributed by atoms with Gasteiger partial charge in [0.1, 0.15) is 11.9 Å². The number of nitrogens with one attached hydrogen (secondary N) is 2. The number of nitrogens with zero attached hydrogens (tertiary/aromatic N) is 1. The molecular weight excluding hydrogens is 200 g/mol. The number of hydrogen-bond acceptors (Lipinski definition) is 5. The van der Waals surface area contributed by atoms with Gasteiger partial charge < -0.3 is 10.4 Å². The number of carboxylic acid groups (broad SMARTS) is 1. The number of amides is 1. The van der Waals surface area contributed by atoms with Crippen LogP contribution in [-0.4, -0.2) is 28.0 Å². The molecule has 84 valence electrons. The van der Waals surface area contributed by atoms with Crippen LogP contribution in [0.25, 0.3) is 0 Å². The molecule has 1 rings (SSSR count). The standard InChI is InChI=1S/C8H14N4O3/c1-4(2)7-10-8(15)5(3-6(13)14)12(7)11-9/h5,11H,3,9H2,1-2H3,(H,10,15)(H,13,14). The number of allylic oxidation sites excluding steroid dienone is 1. The number of aliphatic carboxylic acids is 1. The van der Waals surface area contributed by atoms with Gasteiger partial charge in [-0.2, -0.15) is 5.53 Å². The molecule has 1 atom stereocenters. The third kappa shape index (κ3) is 2.25. The Bertz CT molecular complexity index is 322. The Morgan fingerprint density at radius 1 is 1.67 bits per heavy atom. The molecule has 0 aromatic heterocycles. The van der Waals surface area contributed by atoms with Gasteiger partial charge in [0, 0.05) is 0 Å². The molecular formula is C8H14N4O3. The lowest BCUT2D eigenvalue weighted by molar-refractivity contribution is -0.140. The molecule has 1 saturated heterocycles. The van der Waals surface area contributed by atoms with Gasteiger partial charge in [-0.3, -0.25) is 20.4 Å². The molecule has 7 heteroatoms. The van der Waals surface area contributed by atoms with Crippen LogP contribution in [0.2, 0.25) is 0 Å². The van der Waals surface area contributed by atoms with Crippen LogP contribution < -0.4 is 16.7 Å². The van der Waals surface area contributed by atoms with Crippen molar-refractivity contribution in [2.24, 2.45) is 5.84 Å². The average molecular weight is 214 g/mol. The Labute approximate surface area is 86.9 Å². The largest absolute Gasteiger partial charge is 0.481 e. The Balaban J connectivity index is 2.93. The fraction of sp³-hybridized carbons (Fsp3) is 0.500. The van der Waals surface area contributed by atoms with Gasteiger partial charge in [0.25, 0.3) is 5.91 Å². The van der Waals surface area contributed by atoms with Crippen molar-refractivity contribution in [3.05, 3.63) is 11.4 Å². The minimum absolute atomic E-state index is 0.299. The number of rotatable bonds is 3. The van der Waals surface area contributed by atoms with Crippen molar-refractivity contribution >= 4 is 11.9 Å². The molecule has 0 aromatic carbocycles. The zero-order chi connectivity index (χ0) is 11.6. The van der Waals surface area contributed by atoms with Crippen molar-refractivity contribution in [1.82, 2.24) is 15.9 Å². The van der Waals surface area contributed by atoms with Crippen LogP contribution in [0.15, 0.2) is 11.4 Å². The molecule has 1 aliphatic heterocycles. The minimum atomic E-state index is -1.05. The summed E-state index contributed by atoms with van der Waals surface area (Å²) in [6.45, 7) is 3.59. The molecule has 0 spiro atoms. The average Bonchev–Trinajstić information content (AvgIpc) is 2.43. The Morgan fingerprint density at radius 3 is 2.67 bits per heavy atom. The van der Waals surface area contributed by atoms with Crippen molar-refractivity contribution < 1.29 is 14.7 Å². The first-order valence-electron chi connectivity index (χ1n) is 4.43. The molecule has 0 bridgehead atoms. The summed E-state index contributed by atoms with van der Waals surface area (Å²) in [6, 6.07) is -0.808. The summed E-state index contributed by atoms with van der Waals surface area (Å²) >= 11 is 0. The van der Waals surface area contributed by atoms with Crippen LogP contribution in [0, 0.1) is 0 Å². The second kappa shape index (κ2) is 4.28. The monoisotopic (exact) mass is 214 g/mol. The van der Waals surface area contributed by atoms with Crippen LogP contribution in [0.5, 0.6) is 0 Å². The van der Waals surface area contributed by atoms with Crippen molar-refractivity contribution in [1.29, 1.82) is 0 Å². The van der Waals surface area contributed by atoms with E-state index in [2.05, 4.69) is 10.9 Å². The predicted molar refractivity (Wildman–Crippen MR) is 51.7 cm³/mol. The third-order valence-corrected chi connectivity index (χ3v) is 2.08. The summed E-state index contributed by atoms with van der Waals surface area (Å²) < 4.78 is 0. The maximum Gasteiger partial charge on any atom is 0.306 e. The van der Waals surface area contributed by atoms with E-state index in [9.17, 15) is 9.59 Å². The van der Waals surface area contributed by atoms with E-state index in [0.717, 1.165) is 5.57 Å². The van der Waals surface area contributed by atoms with Crippen LogP contribution in [0.4, 0.5) is 0 Å². The van der Waals surface area contributed by atoms with Crippen LogP contribution in [-0.2, 0) is 9.59 Å². The van der Waals surface area contributed by atoms with Gasteiger partial charge >= 0.3 is 5.97 Å². The van der Waals surface area contributed by atoms with Crippen LogP contribution in [0.3, 0.4) is 0 Å². The molecule has 1 heterocycles. The molecule has 0 aromatic rings. The zero-order valence-corrected chi connectivity index (χ0v) is 8.57. The Kier molecular flexibility index (Phi) is 3.28. The number of nitrogens with two attached hydrogens (primary N) is 1. The summed E-state index contributed by atoms with van der Waals surface area (Å²) in [5.74, 6) is 4.34. The molecule has 1 amide bonds. The molecule has 5 N–H and O–H groups in total. The highest BCUT2D eigenvalue weighted by Crippen LogP contribution is 2.18. The molecule has 0 aliphatic carbocycles. The summed E-state index contributed by atoms with van der Waals surface area (Å²) in [5, 5.41) is 12.5. The minimum Gasteiger partial charge on any atom is -0.481 e. The second-order valence-corrected chi connectivity index (χ2v) is 3.45. The van der Waals surface area contributed by atoms with Crippen LogP contribution >= 0.6 is 0 Å². The summed E-state index contributed by atoms with van der Waals surface area (Å²) in [6.07, 6.45) is -0.299. The van der Waals surface area contributed by atoms with E-state index in [0.29, 0.717) is 5.82 Å². The molecule has 7 nitrogen and oxygen atoms in total. The van der Waals surface area contributed by atoms with Gasteiger partial charge in [-0.1, -0.05) is 0 Å². The highest BCUT2D eigenvalue weighted by atomic mass is 16.4. The number of hydrazine groups is 2. The summed E-state index contributed by atoms with van der Waals surface area (Å²) in [7, 11) is 0. The molecule has 0 saturated carbocycles. The van der Waals surface area contributed by atoms with Gasteiger partial charge in [-0.05, 0) is 19.4 Å². The number of carbonyl (C=O) groups excluding carboxylic acids is 1. The van der Waals surface area contributed by atoms with E-state index in [4.69, 9.17) is 10.9 Å². The SMILES string of the molecule is CC(C)=C1NC(=O)C(CC(=O)O)N1NN. The lowest BCUT2D eigenvalue weighted by Gasteiger charge is -2.22. The van der Waals surface area contributed by atoms with Crippen molar-refractivity contribution in [3.63, 3.8) is 0 Å². The van der Waals surface area contributed by atoms with Gasteiger partial charge in [-0.15, -0.1) is 0 Å². The normalized spacial score (nSPS) is 20.5. The lowest BCUT2D eigenvalue weighted by Crippen LogP contribution is -2.47. The number of carbonyl (C=O) groups is 2.